The number of alkyl halides is 3. The molecule has 2 aliphatic heterocycles. The molecule has 10 heteroatoms. The number of aromatic nitrogens is 1. The SMILES string of the molecule is CNC(=O)[C@@H]1CN(C(=O)c2cccnc2C)C[C@H]1C1CCN(c2ccc(C#N)c(C(F)(F)F)c2)CC1. The maximum absolute atomic E-state index is 13.4. The second-order valence-corrected chi connectivity index (χ2v) is 9.40. The smallest absolute Gasteiger partial charge is 0.372 e. The van der Waals surface area contributed by atoms with Crippen LogP contribution in [0.15, 0.2) is 36.5 Å². The molecule has 2 aromatic rings. The standard InChI is InChI=1S/C26H28F3N5O2/c1-16-20(4-3-9-32-16)25(36)34-14-21(22(15-34)24(35)31-2)17-7-10-33(11-8-17)19-6-5-18(13-30)23(12-19)26(27,28)29/h3-6,9,12,17,21-22H,7-8,10-11,14-15H2,1-2H3,(H,31,35)/t21-,22+/m0/s1. The Labute approximate surface area is 207 Å². The van der Waals surface area contributed by atoms with Crippen molar-refractivity contribution in [3.63, 3.8) is 0 Å². The van der Waals surface area contributed by atoms with Crippen molar-refractivity contribution in [3.05, 3.63) is 58.9 Å². The van der Waals surface area contributed by atoms with E-state index >= 15 is 0 Å². The van der Waals surface area contributed by atoms with Crippen molar-refractivity contribution in [2.24, 2.45) is 17.8 Å². The number of nitriles is 1. The van der Waals surface area contributed by atoms with Crippen LogP contribution in [0.3, 0.4) is 0 Å². The number of rotatable bonds is 4. The summed E-state index contributed by atoms with van der Waals surface area (Å²) in [4.78, 5) is 33.7. The van der Waals surface area contributed by atoms with Crippen LogP contribution in [0.2, 0.25) is 0 Å². The van der Waals surface area contributed by atoms with Crippen molar-refractivity contribution in [2.45, 2.75) is 25.9 Å². The molecule has 4 rings (SSSR count). The quantitative estimate of drug-likeness (QED) is 0.694. The minimum atomic E-state index is -4.60. The maximum atomic E-state index is 13.4. The number of carbonyl (C=O) groups is 2. The monoisotopic (exact) mass is 499 g/mol. The van der Waals surface area contributed by atoms with Crippen LogP contribution in [0.1, 0.15) is 40.0 Å². The molecule has 0 saturated carbocycles. The van der Waals surface area contributed by atoms with Gasteiger partial charge in [-0.2, -0.15) is 18.4 Å². The summed E-state index contributed by atoms with van der Waals surface area (Å²) >= 11 is 0. The molecule has 0 bridgehead atoms. The number of hydrogen-bond donors (Lipinski definition) is 1. The van der Waals surface area contributed by atoms with Crippen LogP contribution in [0, 0.1) is 36.0 Å². The largest absolute Gasteiger partial charge is 0.417 e. The number of halogens is 3. The fourth-order valence-electron chi connectivity index (χ4n) is 5.46. The number of nitrogens with one attached hydrogen (secondary N) is 1. The first-order valence-electron chi connectivity index (χ1n) is 11.9. The number of amides is 2. The zero-order valence-corrected chi connectivity index (χ0v) is 20.2. The van der Waals surface area contributed by atoms with Crippen molar-refractivity contribution < 1.29 is 22.8 Å². The van der Waals surface area contributed by atoms with Gasteiger partial charge in [-0.15, -0.1) is 0 Å². The van der Waals surface area contributed by atoms with E-state index in [0.717, 1.165) is 6.07 Å². The highest BCUT2D eigenvalue weighted by Crippen LogP contribution is 2.39. The van der Waals surface area contributed by atoms with E-state index in [1.807, 2.05) is 4.90 Å². The maximum Gasteiger partial charge on any atom is 0.417 e. The molecule has 2 fully saturated rings. The summed E-state index contributed by atoms with van der Waals surface area (Å²) < 4.78 is 40.2. The van der Waals surface area contributed by atoms with Gasteiger partial charge >= 0.3 is 6.18 Å². The van der Waals surface area contributed by atoms with E-state index in [2.05, 4.69) is 10.3 Å². The van der Waals surface area contributed by atoms with Crippen molar-refractivity contribution >= 4 is 17.5 Å². The second kappa shape index (κ2) is 10.2. The van der Waals surface area contributed by atoms with Gasteiger partial charge in [0.2, 0.25) is 5.91 Å². The fourth-order valence-corrected chi connectivity index (χ4v) is 5.46. The minimum Gasteiger partial charge on any atom is -0.372 e. The predicted molar refractivity (Wildman–Crippen MR) is 127 cm³/mol. The lowest BCUT2D eigenvalue weighted by molar-refractivity contribution is -0.137. The van der Waals surface area contributed by atoms with Gasteiger partial charge in [0.25, 0.3) is 5.91 Å². The zero-order chi connectivity index (χ0) is 26.0. The third kappa shape index (κ3) is 5.01. The average Bonchev–Trinajstić information content (AvgIpc) is 3.33. The molecule has 3 heterocycles. The summed E-state index contributed by atoms with van der Waals surface area (Å²) in [5.74, 6) is -0.495. The number of likely N-dealkylation sites (tertiary alicyclic amines) is 1. The third-order valence-electron chi connectivity index (χ3n) is 7.41. The Balaban J connectivity index is 1.48. The highest BCUT2D eigenvalue weighted by Gasteiger charge is 2.44. The molecular formula is C26H28F3N5O2. The van der Waals surface area contributed by atoms with Crippen LogP contribution in [0.4, 0.5) is 18.9 Å². The van der Waals surface area contributed by atoms with E-state index in [-0.39, 0.29) is 29.6 Å². The molecule has 0 spiro atoms. The summed E-state index contributed by atoms with van der Waals surface area (Å²) in [6.07, 6.45) is -1.60. The van der Waals surface area contributed by atoms with Gasteiger partial charge in [-0.3, -0.25) is 14.6 Å². The Bertz CT molecular complexity index is 1180. The Hall–Kier alpha value is -3.61. The molecular weight excluding hydrogens is 471 g/mol. The van der Waals surface area contributed by atoms with Gasteiger partial charge in [-0.05, 0) is 61.9 Å². The van der Waals surface area contributed by atoms with Gasteiger partial charge in [-0.1, -0.05) is 0 Å². The highest BCUT2D eigenvalue weighted by molar-refractivity contribution is 5.96. The molecule has 2 atom stereocenters. The molecule has 1 N–H and O–H groups in total. The molecule has 0 unspecified atom stereocenters. The molecule has 2 aliphatic rings. The number of pyridine rings is 1. The Kier molecular flexibility index (Phi) is 7.20. The first-order valence-corrected chi connectivity index (χ1v) is 11.9. The number of anilines is 1. The van der Waals surface area contributed by atoms with Crippen LogP contribution in [0.25, 0.3) is 0 Å². The first-order chi connectivity index (χ1) is 17.1. The molecule has 36 heavy (non-hydrogen) atoms. The summed E-state index contributed by atoms with van der Waals surface area (Å²) in [5.41, 5.74) is 0.258. The van der Waals surface area contributed by atoms with Crippen molar-refractivity contribution in [1.82, 2.24) is 15.2 Å². The number of aryl methyl sites for hydroxylation is 1. The van der Waals surface area contributed by atoms with Gasteiger partial charge in [0.05, 0.1) is 28.7 Å². The Morgan fingerprint density at radius 3 is 2.50 bits per heavy atom. The lowest BCUT2D eigenvalue weighted by Crippen LogP contribution is -2.41. The van der Waals surface area contributed by atoms with Crippen molar-refractivity contribution in [3.8, 4) is 6.07 Å². The lowest BCUT2D eigenvalue weighted by Gasteiger charge is -2.37. The topological polar surface area (TPSA) is 89.3 Å². The number of nitrogens with zero attached hydrogens (tertiary/aromatic N) is 4. The number of benzene rings is 1. The molecule has 190 valence electrons. The lowest BCUT2D eigenvalue weighted by atomic mass is 9.78. The van der Waals surface area contributed by atoms with Crippen LogP contribution < -0.4 is 10.2 Å². The van der Waals surface area contributed by atoms with Crippen LogP contribution in [-0.2, 0) is 11.0 Å². The molecule has 0 aliphatic carbocycles. The Morgan fingerprint density at radius 2 is 1.89 bits per heavy atom. The molecule has 2 amide bonds. The average molecular weight is 500 g/mol. The molecule has 0 radical (unpaired) electrons. The van der Waals surface area contributed by atoms with E-state index < -0.39 is 17.3 Å². The fraction of sp³-hybridized carbons (Fsp3) is 0.462. The van der Waals surface area contributed by atoms with Crippen LogP contribution in [0.5, 0.6) is 0 Å². The van der Waals surface area contributed by atoms with E-state index in [4.69, 9.17) is 5.26 Å². The molecule has 7 nitrogen and oxygen atoms in total. The van der Waals surface area contributed by atoms with Gasteiger partial charge < -0.3 is 15.1 Å². The Morgan fingerprint density at radius 1 is 1.17 bits per heavy atom. The summed E-state index contributed by atoms with van der Waals surface area (Å²) in [7, 11) is 1.58. The van der Waals surface area contributed by atoms with Gasteiger partial charge in [0, 0.05) is 50.8 Å². The first kappa shape index (κ1) is 25.5. The van der Waals surface area contributed by atoms with Crippen LogP contribution >= 0.6 is 0 Å². The number of hydrogen-bond acceptors (Lipinski definition) is 5. The van der Waals surface area contributed by atoms with Crippen molar-refractivity contribution in [1.29, 1.82) is 5.26 Å². The normalized spacial score (nSPS) is 20.8. The molecule has 1 aromatic heterocycles. The van der Waals surface area contributed by atoms with E-state index in [9.17, 15) is 22.8 Å². The second-order valence-electron chi connectivity index (χ2n) is 9.40. The number of carbonyl (C=O) groups excluding carboxylic acids is 2. The molecule has 1 aromatic carbocycles. The van der Waals surface area contributed by atoms with Crippen molar-refractivity contribution in [2.75, 3.05) is 38.1 Å². The third-order valence-corrected chi connectivity index (χ3v) is 7.41. The summed E-state index contributed by atoms with van der Waals surface area (Å²) in [5, 5.41) is 11.8. The summed E-state index contributed by atoms with van der Waals surface area (Å²) in [6.45, 7) is 3.61. The van der Waals surface area contributed by atoms with E-state index in [0.29, 0.717) is 56.0 Å². The number of piperidine rings is 1. The van der Waals surface area contributed by atoms with Gasteiger partial charge in [0.15, 0.2) is 0 Å². The molecule has 2 saturated heterocycles. The van der Waals surface area contributed by atoms with Gasteiger partial charge in [-0.25, -0.2) is 0 Å². The minimum absolute atomic E-state index is 0.0419. The predicted octanol–water partition coefficient (Wildman–Crippen LogP) is 3.63. The van der Waals surface area contributed by atoms with E-state index in [1.165, 1.54) is 6.07 Å². The van der Waals surface area contributed by atoms with E-state index in [1.54, 1.807) is 49.3 Å². The summed E-state index contributed by atoms with van der Waals surface area (Å²) in [6, 6.07) is 8.87. The van der Waals surface area contributed by atoms with Crippen LogP contribution in [-0.4, -0.2) is 54.9 Å². The highest BCUT2D eigenvalue weighted by atomic mass is 19.4. The zero-order valence-electron chi connectivity index (χ0n) is 20.2. The van der Waals surface area contributed by atoms with Gasteiger partial charge in [0.1, 0.15) is 0 Å².